The minimum absolute atomic E-state index is 0.0862. The number of amides is 1. The zero-order chi connectivity index (χ0) is 17.6. The Morgan fingerprint density at radius 3 is 2.60 bits per heavy atom. The van der Waals surface area contributed by atoms with Gasteiger partial charge in [-0.2, -0.15) is 0 Å². The average Bonchev–Trinajstić information content (AvgIpc) is 2.64. The highest BCUT2D eigenvalue weighted by Crippen LogP contribution is 2.19. The van der Waals surface area contributed by atoms with E-state index >= 15 is 0 Å². The molecule has 0 fully saturated rings. The van der Waals surface area contributed by atoms with E-state index in [4.69, 9.17) is 4.74 Å². The van der Waals surface area contributed by atoms with Crippen molar-refractivity contribution in [2.24, 2.45) is 0 Å². The molecular weight excluding hydrogens is 310 g/mol. The second kappa shape index (κ2) is 7.84. The molecule has 1 amide bonds. The number of carbonyl (C=O) groups is 1. The van der Waals surface area contributed by atoms with Crippen LogP contribution in [0.2, 0.25) is 0 Å². The summed E-state index contributed by atoms with van der Waals surface area (Å²) in [4.78, 5) is 12.5. The van der Waals surface area contributed by atoms with Crippen LogP contribution in [0.3, 0.4) is 0 Å². The lowest BCUT2D eigenvalue weighted by molar-refractivity contribution is -0.128. The molecule has 0 saturated heterocycles. The highest BCUT2D eigenvalue weighted by Gasteiger charge is 2.18. The van der Waals surface area contributed by atoms with E-state index in [-0.39, 0.29) is 5.91 Å². The smallest absolute Gasteiger partial charge is 0.261 e. The van der Waals surface area contributed by atoms with Crippen molar-refractivity contribution in [3.8, 4) is 5.75 Å². The molecule has 3 aromatic carbocycles. The van der Waals surface area contributed by atoms with Crippen LogP contribution >= 0.6 is 0 Å². The second-order valence-corrected chi connectivity index (χ2v) is 6.19. The molecular formula is C22H23NO2. The zero-order valence-corrected chi connectivity index (χ0v) is 14.7. The molecule has 1 atom stereocenters. The van der Waals surface area contributed by atoms with Crippen LogP contribution in [0.25, 0.3) is 10.8 Å². The van der Waals surface area contributed by atoms with Gasteiger partial charge in [0.25, 0.3) is 5.91 Å². The molecule has 3 nitrogen and oxygen atoms in total. The number of hydrogen-bond donors (Lipinski definition) is 1. The minimum atomic E-state index is -0.489. The molecule has 0 aliphatic carbocycles. The van der Waals surface area contributed by atoms with Gasteiger partial charge in [0, 0.05) is 6.54 Å². The van der Waals surface area contributed by atoms with Gasteiger partial charge in [0.1, 0.15) is 5.75 Å². The fourth-order valence-corrected chi connectivity index (χ4v) is 2.92. The molecule has 1 N–H and O–H groups in total. The largest absolute Gasteiger partial charge is 0.481 e. The van der Waals surface area contributed by atoms with E-state index in [1.54, 1.807) is 0 Å². The quantitative estimate of drug-likeness (QED) is 0.715. The Morgan fingerprint density at radius 1 is 1.04 bits per heavy atom. The summed E-state index contributed by atoms with van der Waals surface area (Å²) >= 11 is 0. The molecule has 3 aromatic rings. The average molecular weight is 333 g/mol. The van der Waals surface area contributed by atoms with Gasteiger partial charge < -0.3 is 10.1 Å². The molecule has 0 aliphatic heterocycles. The van der Waals surface area contributed by atoms with Gasteiger partial charge in [-0.1, -0.05) is 61.5 Å². The van der Waals surface area contributed by atoms with E-state index in [9.17, 15) is 4.79 Å². The summed E-state index contributed by atoms with van der Waals surface area (Å²) in [5.41, 5.74) is 2.22. The van der Waals surface area contributed by atoms with E-state index in [0.717, 1.165) is 22.3 Å². The normalized spacial score (nSPS) is 11.9. The summed E-state index contributed by atoms with van der Waals surface area (Å²) in [7, 11) is 0. The van der Waals surface area contributed by atoms with Crippen LogP contribution in [-0.2, 0) is 11.3 Å². The van der Waals surface area contributed by atoms with Gasteiger partial charge in [0.2, 0.25) is 0 Å². The molecule has 0 bridgehead atoms. The Kier molecular flexibility index (Phi) is 5.34. The number of nitrogens with one attached hydrogen (secondary N) is 1. The summed E-state index contributed by atoms with van der Waals surface area (Å²) in [5, 5.41) is 5.36. The second-order valence-electron chi connectivity index (χ2n) is 6.19. The van der Waals surface area contributed by atoms with Crippen LogP contribution in [0.15, 0.2) is 66.7 Å². The van der Waals surface area contributed by atoms with E-state index < -0.39 is 6.10 Å². The van der Waals surface area contributed by atoms with Crippen molar-refractivity contribution in [1.82, 2.24) is 5.32 Å². The van der Waals surface area contributed by atoms with Crippen LogP contribution in [0.4, 0.5) is 0 Å². The fourth-order valence-electron chi connectivity index (χ4n) is 2.92. The third-order valence-electron chi connectivity index (χ3n) is 4.26. The molecule has 0 saturated carbocycles. The summed E-state index contributed by atoms with van der Waals surface area (Å²) in [5.74, 6) is 0.643. The van der Waals surface area contributed by atoms with Crippen LogP contribution in [0.5, 0.6) is 5.75 Å². The Morgan fingerprint density at radius 2 is 1.80 bits per heavy atom. The maximum Gasteiger partial charge on any atom is 0.261 e. The van der Waals surface area contributed by atoms with Gasteiger partial charge in [-0.15, -0.1) is 0 Å². The number of carbonyl (C=O) groups excluding carboxylic acids is 1. The number of rotatable bonds is 6. The molecule has 0 aliphatic rings. The van der Waals surface area contributed by atoms with Crippen LogP contribution in [-0.4, -0.2) is 12.0 Å². The van der Waals surface area contributed by atoms with Crippen molar-refractivity contribution < 1.29 is 9.53 Å². The summed E-state index contributed by atoms with van der Waals surface area (Å²) in [6.07, 6.45) is 0.131. The topological polar surface area (TPSA) is 38.3 Å². The van der Waals surface area contributed by atoms with Gasteiger partial charge in [0.05, 0.1) is 0 Å². The Bertz CT molecular complexity index is 867. The zero-order valence-electron chi connectivity index (χ0n) is 14.7. The van der Waals surface area contributed by atoms with Gasteiger partial charge in [0.15, 0.2) is 6.10 Å². The number of aryl methyl sites for hydroxylation is 1. The van der Waals surface area contributed by atoms with Gasteiger partial charge in [-0.05, 0) is 47.4 Å². The van der Waals surface area contributed by atoms with Gasteiger partial charge >= 0.3 is 0 Å². The number of ether oxygens (including phenoxy) is 1. The lowest BCUT2D eigenvalue weighted by Crippen LogP contribution is -2.37. The first kappa shape index (κ1) is 17.0. The van der Waals surface area contributed by atoms with Crippen molar-refractivity contribution in [2.75, 3.05) is 0 Å². The predicted octanol–water partition coefficient (Wildman–Crippen LogP) is 4.62. The predicted molar refractivity (Wildman–Crippen MR) is 102 cm³/mol. The molecule has 0 heterocycles. The Labute approximate surface area is 148 Å². The summed E-state index contributed by atoms with van der Waals surface area (Å²) in [6, 6.07) is 22.1. The lowest BCUT2D eigenvalue weighted by atomic mass is 10.0. The van der Waals surface area contributed by atoms with E-state index in [2.05, 4.69) is 23.5 Å². The molecule has 128 valence electrons. The molecule has 25 heavy (non-hydrogen) atoms. The molecule has 0 radical (unpaired) electrons. The molecule has 3 heteroatoms. The summed E-state index contributed by atoms with van der Waals surface area (Å²) in [6.45, 7) is 4.46. The number of hydrogen-bond acceptors (Lipinski definition) is 2. The van der Waals surface area contributed by atoms with Gasteiger partial charge in [-0.3, -0.25) is 4.79 Å². The molecule has 0 aromatic heterocycles. The van der Waals surface area contributed by atoms with Crippen LogP contribution in [0, 0.1) is 6.92 Å². The van der Waals surface area contributed by atoms with Crippen LogP contribution < -0.4 is 10.1 Å². The maximum absolute atomic E-state index is 12.5. The van der Waals surface area contributed by atoms with E-state index in [1.807, 2.05) is 62.4 Å². The fraction of sp³-hybridized carbons (Fsp3) is 0.227. The number of fused-ring (bicyclic) bond motifs is 1. The van der Waals surface area contributed by atoms with E-state index in [1.165, 1.54) is 5.39 Å². The van der Waals surface area contributed by atoms with Crippen LogP contribution in [0.1, 0.15) is 24.5 Å². The highest BCUT2D eigenvalue weighted by molar-refractivity contribution is 5.86. The SMILES string of the molecule is CC[C@@H](Oc1cccc(C)c1)C(=O)NCc1cccc2ccccc12. The van der Waals surface area contributed by atoms with Gasteiger partial charge in [-0.25, -0.2) is 0 Å². The first-order valence-corrected chi connectivity index (χ1v) is 8.65. The van der Waals surface area contributed by atoms with Crippen molar-refractivity contribution in [3.63, 3.8) is 0 Å². The van der Waals surface area contributed by atoms with Crippen molar-refractivity contribution in [1.29, 1.82) is 0 Å². The lowest BCUT2D eigenvalue weighted by Gasteiger charge is -2.18. The third-order valence-corrected chi connectivity index (χ3v) is 4.26. The third kappa shape index (κ3) is 4.18. The first-order valence-electron chi connectivity index (χ1n) is 8.65. The van der Waals surface area contributed by atoms with E-state index in [0.29, 0.717) is 13.0 Å². The molecule has 0 spiro atoms. The minimum Gasteiger partial charge on any atom is -0.481 e. The Hall–Kier alpha value is -2.81. The molecule has 3 rings (SSSR count). The number of benzene rings is 3. The summed E-state index contributed by atoms with van der Waals surface area (Å²) < 4.78 is 5.87. The highest BCUT2D eigenvalue weighted by atomic mass is 16.5. The van der Waals surface area contributed by atoms with Crippen molar-refractivity contribution in [3.05, 3.63) is 77.9 Å². The standard InChI is InChI=1S/C22H23NO2/c1-3-21(25-19-12-6-8-16(2)14-19)22(24)23-15-18-11-7-10-17-9-4-5-13-20(17)18/h4-14,21H,3,15H2,1-2H3,(H,23,24)/t21-/m1/s1. The molecule has 0 unspecified atom stereocenters. The maximum atomic E-state index is 12.5. The monoisotopic (exact) mass is 333 g/mol. The first-order chi connectivity index (χ1) is 12.2. The Balaban J connectivity index is 1.68. The van der Waals surface area contributed by atoms with Crippen molar-refractivity contribution in [2.45, 2.75) is 32.9 Å². The van der Waals surface area contributed by atoms with Crippen molar-refractivity contribution >= 4 is 16.7 Å².